The highest BCUT2D eigenvalue weighted by Gasteiger charge is 2.53. The van der Waals surface area contributed by atoms with Crippen molar-refractivity contribution >= 4 is 29.8 Å². The van der Waals surface area contributed by atoms with Gasteiger partial charge in [0.2, 0.25) is 0 Å². The Morgan fingerprint density at radius 2 is 1.58 bits per heavy atom. The smallest absolute Gasteiger partial charge is 0.139 e. The van der Waals surface area contributed by atoms with E-state index in [0.717, 1.165) is 87.6 Å². The summed E-state index contributed by atoms with van der Waals surface area (Å²) in [5, 5.41) is 34.1. The van der Waals surface area contributed by atoms with E-state index in [2.05, 4.69) is 73.3 Å². The number of ether oxygens (including phenoxy) is 1. The molecule has 6 rings (SSSR count). The molecular formula is C43H58BFO5. The lowest BCUT2D eigenvalue weighted by atomic mass is 9.66. The Labute approximate surface area is 300 Å². The fourth-order valence-electron chi connectivity index (χ4n) is 7.83. The third-order valence-electron chi connectivity index (χ3n) is 10.5. The first kappa shape index (κ1) is 39.3. The van der Waals surface area contributed by atoms with E-state index in [4.69, 9.17) is 9.15 Å². The fourth-order valence-corrected chi connectivity index (χ4v) is 7.83. The van der Waals surface area contributed by atoms with Crippen molar-refractivity contribution in [1.82, 2.24) is 0 Å². The lowest BCUT2D eigenvalue weighted by molar-refractivity contribution is -0.0824. The van der Waals surface area contributed by atoms with E-state index in [0.29, 0.717) is 23.8 Å². The molecular weight excluding hydrogens is 626 g/mol. The van der Waals surface area contributed by atoms with Gasteiger partial charge in [0, 0.05) is 23.4 Å². The number of unbranched alkanes of at least 4 members (excludes halogenated alkanes) is 4. The Bertz CT molecular complexity index is 1760. The van der Waals surface area contributed by atoms with Gasteiger partial charge in [0.1, 0.15) is 42.4 Å². The second-order valence-corrected chi connectivity index (χ2v) is 14.9. The number of halogens is 1. The second-order valence-electron chi connectivity index (χ2n) is 14.9. The van der Waals surface area contributed by atoms with Crippen LogP contribution in [0.2, 0.25) is 0 Å². The molecule has 50 heavy (non-hydrogen) atoms. The van der Waals surface area contributed by atoms with Crippen LogP contribution in [0.1, 0.15) is 133 Å². The van der Waals surface area contributed by atoms with E-state index in [1.54, 1.807) is 0 Å². The van der Waals surface area contributed by atoms with Gasteiger partial charge in [-0.25, -0.2) is 0 Å². The van der Waals surface area contributed by atoms with Crippen LogP contribution in [0.3, 0.4) is 0 Å². The Hall–Kier alpha value is -3.45. The number of alkyl halides is 1. The maximum Gasteiger partial charge on any atom is 0.139 e. The SMILES string of the molecule is C=C(C)C1CC[C@](C)(O)C2Oc3cc(CCCCC)cc(O)c3C12.CCCCCc1cc(O)c2c(c1)oc1c(C)ccc(C(C)C)c12.[B]CF. The number of rotatable bonds is 10. The predicted molar refractivity (Wildman–Crippen MR) is 206 cm³/mol. The van der Waals surface area contributed by atoms with E-state index in [9.17, 15) is 19.7 Å². The molecule has 3 N–H and O–H groups in total. The zero-order valence-electron chi connectivity index (χ0n) is 31.4. The highest BCUT2D eigenvalue weighted by atomic mass is 19.1. The van der Waals surface area contributed by atoms with E-state index in [-0.39, 0.29) is 17.9 Å². The number of aryl methyl sites for hydroxylation is 3. The van der Waals surface area contributed by atoms with Gasteiger partial charge in [-0.2, -0.15) is 0 Å². The van der Waals surface area contributed by atoms with Gasteiger partial charge in [-0.1, -0.05) is 77.7 Å². The average Bonchev–Trinajstić information content (AvgIpc) is 3.63. The van der Waals surface area contributed by atoms with Crippen LogP contribution in [0.4, 0.5) is 4.39 Å². The monoisotopic (exact) mass is 684 g/mol. The molecule has 5 nitrogen and oxygen atoms in total. The van der Waals surface area contributed by atoms with Gasteiger partial charge in [0.25, 0.3) is 0 Å². The van der Waals surface area contributed by atoms with E-state index in [1.165, 1.54) is 31.2 Å². The van der Waals surface area contributed by atoms with Crippen molar-refractivity contribution in [2.75, 3.05) is 6.57 Å². The molecule has 2 aliphatic rings. The third kappa shape index (κ3) is 8.53. The molecule has 4 atom stereocenters. The summed E-state index contributed by atoms with van der Waals surface area (Å²) < 4.78 is 22.4. The molecule has 2 heterocycles. The Morgan fingerprint density at radius 1 is 0.980 bits per heavy atom. The zero-order valence-corrected chi connectivity index (χ0v) is 31.4. The van der Waals surface area contributed by atoms with Gasteiger partial charge in [-0.05, 0) is 118 Å². The van der Waals surface area contributed by atoms with Crippen LogP contribution in [-0.4, -0.2) is 41.4 Å². The minimum Gasteiger partial charge on any atom is -0.508 e. The highest BCUT2D eigenvalue weighted by Crippen LogP contribution is 2.56. The van der Waals surface area contributed by atoms with Gasteiger partial charge in [-0.3, -0.25) is 4.39 Å². The number of furan rings is 1. The zero-order chi connectivity index (χ0) is 36.7. The number of aliphatic hydroxyl groups is 1. The maximum absolute atomic E-state index is 10.8. The molecule has 0 bridgehead atoms. The highest BCUT2D eigenvalue weighted by molar-refractivity contribution is 6.11. The molecule has 1 aliphatic carbocycles. The van der Waals surface area contributed by atoms with Crippen LogP contribution >= 0.6 is 0 Å². The number of allylic oxidation sites excluding steroid dienone is 1. The molecule has 3 unspecified atom stereocenters. The minimum absolute atomic E-state index is 0.00839. The lowest BCUT2D eigenvalue weighted by Crippen LogP contribution is -2.50. The Kier molecular flexibility index (Phi) is 13.5. The van der Waals surface area contributed by atoms with Crippen LogP contribution in [0.5, 0.6) is 17.2 Å². The molecule has 1 aromatic heterocycles. The number of aromatic hydroxyl groups is 2. The molecule has 270 valence electrons. The van der Waals surface area contributed by atoms with Crippen molar-refractivity contribution in [1.29, 1.82) is 0 Å². The third-order valence-corrected chi connectivity index (χ3v) is 10.5. The van der Waals surface area contributed by atoms with Crippen LogP contribution in [0.25, 0.3) is 21.9 Å². The quantitative estimate of drug-likeness (QED) is 0.0880. The average molecular weight is 685 g/mol. The summed E-state index contributed by atoms with van der Waals surface area (Å²) in [7, 11) is 4.18. The van der Waals surface area contributed by atoms with E-state index >= 15 is 0 Å². The topological polar surface area (TPSA) is 83.1 Å². The molecule has 0 saturated heterocycles. The summed E-state index contributed by atoms with van der Waals surface area (Å²) in [5.41, 5.74) is 7.44. The number of fused-ring (bicyclic) bond motifs is 6. The second kappa shape index (κ2) is 17.2. The normalized spacial score (nSPS) is 20.8. The van der Waals surface area contributed by atoms with Crippen molar-refractivity contribution in [2.24, 2.45) is 5.92 Å². The fraction of sp³-hybridized carbons (Fsp3) is 0.535. The molecule has 1 saturated carbocycles. The maximum atomic E-state index is 10.8. The number of benzene rings is 3. The summed E-state index contributed by atoms with van der Waals surface area (Å²) in [6.45, 7) is 18.1. The first-order chi connectivity index (χ1) is 23.8. The van der Waals surface area contributed by atoms with Crippen molar-refractivity contribution in [3.8, 4) is 17.2 Å². The molecule has 1 aliphatic heterocycles. The number of hydrogen-bond acceptors (Lipinski definition) is 5. The summed E-state index contributed by atoms with van der Waals surface area (Å²) >= 11 is 0. The molecule has 0 spiro atoms. The molecule has 3 aromatic carbocycles. The van der Waals surface area contributed by atoms with Crippen LogP contribution < -0.4 is 4.74 Å². The van der Waals surface area contributed by atoms with Gasteiger partial charge >= 0.3 is 0 Å². The summed E-state index contributed by atoms with van der Waals surface area (Å²) in [6, 6.07) is 12.2. The van der Waals surface area contributed by atoms with Crippen LogP contribution in [-0.2, 0) is 12.8 Å². The van der Waals surface area contributed by atoms with Gasteiger partial charge in [-0.15, -0.1) is 0 Å². The molecule has 1 fully saturated rings. The first-order valence-electron chi connectivity index (χ1n) is 18.6. The standard InChI is InChI=1S/C21H30O3.C21H26O2.CH2BF/c1-5-6-7-8-14-11-16(22)19-17(12-14)24-20-18(19)15(13(2)3)9-10-21(20,4)23;1-5-6-7-8-15-11-17(22)20-18(12-15)23-21-14(4)9-10-16(13(2)3)19(20)21;2-1-3/h11-12,15,18,20,22-23H,2,5-10H2,1,3-4H3;9-13,22H,5-8H2,1-4H3;1H2/t15?,18?,20?,21-;;/m0../s1. The number of hydrogen-bond donors (Lipinski definition) is 3. The lowest BCUT2D eigenvalue weighted by Gasteiger charge is -2.42. The van der Waals surface area contributed by atoms with Gasteiger partial charge in [0.15, 0.2) is 0 Å². The molecule has 4 aromatic rings. The van der Waals surface area contributed by atoms with E-state index < -0.39 is 12.2 Å². The van der Waals surface area contributed by atoms with Crippen molar-refractivity contribution in [3.63, 3.8) is 0 Å². The molecule has 7 heteroatoms. The van der Waals surface area contributed by atoms with Gasteiger partial charge < -0.3 is 24.5 Å². The van der Waals surface area contributed by atoms with Crippen LogP contribution in [0, 0.1) is 12.8 Å². The van der Waals surface area contributed by atoms with Crippen LogP contribution in [0.15, 0.2) is 53.0 Å². The minimum atomic E-state index is -0.871. The summed E-state index contributed by atoms with van der Waals surface area (Å²) in [4.78, 5) is 0. The number of phenolic OH excluding ortho intramolecular Hbond substituents is 2. The number of phenols is 2. The summed E-state index contributed by atoms with van der Waals surface area (Å²) in [6.07, 6.45) is 10.3. The molecule has 2 radical (unpaired) electrons. The van der Waals surface area contributed by atoms with Crippen molar-refractivity contribution in [2.45, 2.75) is 136 Å². The Morgan fingerprint density at radius 3 is 2.16 bits per heavy atom. The first-order valence-corrected chi connectivity index (χ1v) is 18.6. The van der Waals surface area contributed by atoms with Crippen molar-refractivity contribution in [3.05, 3.63) is 76.4 Å². The summed E-state index contributed by atoms with van der Waals surface area (Å²) in [5.74, 6) is 2.04. The molecule has 0 amide bonds. The predicted octanol–water partition coefficient (Wildman–Crippen LogP) is 11.2. The largest absolute Gasteiger partial charge is 0.508 e. The van der Waals surface area contributed by atoms with Gasteiger partial charge in [0.05, 0.1) is 11.0 Å². The van der Waals surface area contributed by atoms with Crippen molar-refractivity contribution < 1.29 is 28.9 Å². The Balaban J connectivity index is 0.000000209. The van der Waals surface area contributed by atoms with E-state index in [1.807, 2.05) is 26.0 Å².